The van der Waals surface area contributed by atoms with Crippen LogP contribution in [0.4, 0.5) is 23.2 Å². The fraction of sp³-hybridized carbons (Fsp3) is 0.429. The molecule has 1 saturated heterocycles. The lowest BCUT2D eigenvalue weighted by Crippen LogP contribution is -2.45. The minimum atomic E-state index is -1.52. The topological polar surface area (TPSA) is 94.9 Å². The highest BCUT2D eigenvalue weighted by Gasteiger charge is 2.41. The summed E-state index contributed by atoms with van der Waals surface area (Å²) in [7, 11) is 1.50. The van der Waals surface area contributed by atoms with Gasteiger partial charge in [0.15, 0.2) is 11.6 Å². The molecule has 3 N–H and O–H groups in total. The number of nitrogens with zero attached hydrogens (tertiary/aromatic N) is 2. The number of pyridine rings is 1. The van der Waals surface area contributed by atoms with Gasteiger partial charge >= 0.3 is 5.97 Å². The largest absolute Gasteiger partial charge is 0.497 e. The summed E-state index contributed by atoms with van der Waals surface area (Å²) < 4.78 is 61.6. The van der Waals surface area contributed by atoms with Crippen LogP contribution in [0.25, 0.3) is 10.9 Å². The summed E-state index contributed by atoms with van der Waals surface area (Å²) in [5, 5.41) is 23.1. The summed E-state index contributed by atoms with van der Waals surface area (Å²) in [5.74, 6) is -3.81. The first-order valence-electron chi connectivity index (χ1n) is 12.7. The highest BCUT2D eigenvalue weighted by Crippen LogP contribution is 2.41. The van der Waals surface area contributed by atoms with Gasteiger partial charge in [-0.1, -0.05) is 0 Å². The van der Waals surface area contributed by atoms with Crippen LogP contribution >= 0.6 is 0 Å². The van der Waals surface area contributed by atoms with Gasteiger partial charge in [-0.2, -0.15) is 0 Å². The molecule has 39 heavy (non-hydrogen) atoms. The van der Waals surface area contributed by atoms with Gasteiger partial charge in [0, 0.05) is 47.9 Å². The average Bonchev–Trinajstić information content (AvgIpc) is 2.93. The van der Waals surface area contributed by atoms with E-state index in [1.807, 2.05) is 4.90 Å². The lowest BCUT2D eigenvalue weighted by Gasteiger charge is -2.39. The second-order valence-electron chi connectivity index (χ2n) is 9.85. The number of nitrogens with one attached hydrogen (secondary N) is 1. The third-order valence-electron chi connectivity index (χ3n) is 7.56. The first-order valence-corrected chi connectivity index (χ1v) is 12.7. The van der Waals surface area contributed by atoms with Crippen LogP contribution in [0.5, 0.6) is 5.75 Å². The Morgan fingerprint density at radius 3 is 2.62 bits per heavy atom. The standard InChI is InChI=1S/C28H31F4N3O4/c1-39-19-2-3-23-20(14-19)25(17(16-36)15-34-23)21(30)4-5-28(27(37)38)6-9-35(10-7-28)11-8-33-24-13-18(29)12-22(31)26(24)32/h2-3,12-15,21,33,36H,4-11,16H2,1H3,(H,37,38)/t21-/m1/s1. The van der Waals surface area contributed by atoms with E-state index in [0.717, 1.165) is 6.07 Å². The van der Waals surface area contributed by atoms with Crippen LogP contribution < -0.4 is 10.1 Å². The molecule has 2 heterocycles. The van der Waals surface area contributed by atoms with Gasteiger partial charge in [-0.25, -0.2) is 17.6 Å². The summed E-state index contributed by atoms with van der Waals surface area (Å²) in [4.78, 5) is 18.6. The van der Waals surface area contributed by atoms with Gasteiger partial charge in [-0.15, -0.1) is 0 Å². The van der Waals surface area contributed by atoms with E-state index in [4.69, 9.17) is 4.74 Å². The molecular formula is C28H31F4N3O4. The van der Waals surface area contributed by atoms with Gasteiger partial charge in [0.1, 0.15) is 17.7 Å². The number of aliphatic hydroxyl groups excluding tert-OH is 1. The molecule has 3 aromatic rings. The summed E-state index contributed by atoms with van der Waals surface area (Å²) in [5.41, 5.74) is -0.231. The van der Waals surface area contributed by atoms with E-state index in [1.54, 1.807) is 18.2 Å². The second-order valence-corrected chi connectivity index (χ2v) is 9.85. The number of benzene rings is 2. The first-order chi connectivity index (χ1) is 18.7. The van der Waals surface area contributed by atoms with E-state index in [0.29, 0.717) is 47.9 Å². The highest BCUT2D eigenvalue weighted by atomic mass is 19.2. The third kappa shape index (κ3) is 6.25. The van der Waals surface area contributed by atoms with Crippen molar-refractivity contribution in [1.29, 1.82) is 0 Å². The molecule has 1 atom stereocenters. The lowest BCUT2D eigenvalue weighted by atomic mass is 9.74. The molecule has 1 aromatic heterocycles. The number of anilines is 1. The molecule has 0 unspecified atom stereocenters. The van der Waals surface area contributed by atoms with Gasteiger partial charge < -0.3 is 25.2 Å². The number of aliphatic carboxylic acids is 1. The van der Waals surface area contributed by atoms with Crippen LogP contribution in [0, 0.1) is 22.9 Å². The molecule has 1 fully saturated rings. The van der Waals surface area contributed by atoms with Gasteiger partial charge in [0.05, 0.1) is 30.3 Å². The van der Waals surface area contributed by atoms with Crippen molar-refractivity contribution >= 4 is 22.6 Å². The number of methoxy groups -OCH3 is 1. The molecule has 0 aliphatic carbocycles. The predicted molar refractivity (Wildman–Crippen MR) is 138 cm³/mol. The van der Waals surface area contributed by atoms with Crippen LogP contribution in [0.2, 0.25) is 0 Å². The molecule has 1 aliphatic rings. The van der Waals surface area contributed by atoms with Crippen LogP contribution in [-0.4, -0.2) is 59.4 Å². The average molecular weight is 550 g/mol. The minimum Gasteiger partial charge on any atom is -0.497 e. The maximum Gasteiger partial charge on any atom is 0.309 e. The molecule has 0 bridgehead atoms. The molecule has 2 aromatic carbocycles. The zero-order chi connectivity index (χ0) is 28.2. The maximum atomic E-state index is 15.8. The van der Waals surface area contributed by atoms with Crippen LogP contribution in [0.3, 0.4) is 0 Å². The number of fused-ring (bicyclic) bond motifs is 1. The van der Waals surface area contributed by atoms with E-state index in [1.165, 1.54) is 13.3 Å². The summed E-state index contributed by atoms with van der Waals surface area (Å²) in [6.45, 7) is 1.04. The Hall–Kier alpha value is -3.44. The lowest BCUT2D eigenvalue weighted by molar-refractivity contribution is -0.153. The van der Waals surface area contributed by atoms with Gasteiger partial charge in [-0.05, 0) is 57.0 Å². The highest BCUT2D eigenvalue weighted by molar-refractivity contribution is 5.85. The Bertz CT molecular complexity index is 1330. The normalized spacial score (nSPS) is 16.3. The van der Waals surface area contributed by atoms with Crippen molar-refractivity contribution in [3.8, 4) is 5.75 Å². The number of rotatable bonds is 11. The van der Waals surface area contributed by atoms with Gasteiger partial charge in [-0.3, -0.25) is 9.78 Å². The fourth-order valence-electron chi connectivity index (χ4n) is 5.21. The molecule has 0 radical (unpaired) electrons. The van der Waals surface area contributed by atoms with E-state index < -0.39 is 41.6 Å². The molecule has 210 valence electrons. The number of aromatic nitrogens is 1. The quantitative estimate of drug-likeness (QED) is 0.223. The van der Waals surface area contributed by atoms with Crippen molar-refractivity contribution in [2.45, 2.75) is 38.5 Å². The monoisotopic (exact) mass is 549 g/mol. The minimum absolute atomic E-state index is 0.0540. The maximum absolute atomic E-state index is 15.8. The Labute approximate surface area is 223 Å². The molecule has 11 heteroatoms. The summed E-state index contributed by atoms with van der Waals surface area (Å²) >= 11 is 0. The third-order valence-corrected chi connectivity index (χ3v) is 7.56. The SMILES string of the molecule is COc1ccc2ncc(CO)c([C@H](F)CCC3(C(=O)O)CCN(CCNc4cc(F)cc(F)c4F)CC3)c2c1. The number of hydrogen-bond donors (Lipinski definition) is 3. The molecule has 0 spiro atoms. The first kappa shape index (κ1) is 28.6. The zero-order valence-electron chi connectivity index (χ0n) is 21.5. The molecule has 0 amide bonds. The van der Waals surface area contributed by atoms with E-state index in [9.17, 15) is 28.2 Å². The Morgan fingerprint density at radius 1 is 1.21 bits per heavy atom. The molecular weight excluding hydrogens is 518 g/mol. The van der Waals surface area contributed by atoms with Crippen LogP contribution in [0.15, 0.2) is 36.5 Å². The number of likely N-dealkylation sites (tertiary alicyclic amines) is 1. The van der Waals surface area contributed by atoms with Crippen LogP contribution in [0.1, 0.15) is 43.0 Å². The number of piperidine rings is 1. The Balaban J connectivity index is 1.39. The number of halogens is 4. The van der Waals surface area contributed by atoms with Crippen molar-refractivity contribution in [2.75, 3.05) is 38.6 Å². The molecule has 4 rings (SSSR count). The molecule has 7 nitrogen and oxygen atoms in total. The van der Waals surface area contributed by atoms with E-state index in [2.05, 4.69) is 10.3 Å². The summed E-state index contributed by atoms with van der Waals surface area (Å²) in [6.07, 6.45) is 0.528. The van der Waals surface area contributed by atoms with E-state index in [-0.39, 0.29) is 43.5 Å². The smallest absolute Gasteiger partial charge is 0.309 e. The number of hydrogen-bond acceptors (Lipinski definition) is 6. The fourth-order valence-corrected chi connectivity index (χ4v) is 5.21. The number of aliphatic hydroxyl groups is 1. The second kappa shape index (κ2) is 12.2. The summed E-state index contributed by atoms with van der Waals surface area (Å²) in [6, 6.07) is 6.42. The zero-order valence-corrected chi connectivity index (χ0v) is 21.5. The van der Waals surface area contributed by atoms with Crippen molar-refractivity contribution < 1.29 is 37.3 Å². The number of carboxylic acids is 1. The number of carbonyl (C=O) groups is 1. The Kier molecular flexibility index (Phi) is 8.91. The van der Waals surface area contributed by atoms with Crippen molar-refractivity contribution in [3.63, 3.8) is 0 Å². The number of ether oxygens (including phenoxy) is 1. The van der Waals surface area contributed by atoms with Crippen molar-refractivity contribution in [2.24, 2.45) is 5.41 Å². The van der Waals surface area contributed by atoms with E-state index >= 15 is 4.39 Å². The Morgan fingerprint density at radius 2 is 1.95 bits per heavy atom. The molecule has 0 saturated carbocycles. The number of carboxylic acid groups (broad SMARTS) is 1. The number of alkyl halides is 1. The van der Waals surface area contributed by atoms with Crippen molar-refractivity contribution in [3.05, 3.63) is 65.1 Å². The van der Waals surface area contributed by atoms with Crippen molar-refractivity contribution in [1.82, 2.24) is 9.88 Å². The predicted octanol–water partition coefficient (Wildman–Crippen LogP) is 5.22. The molecule has 1 aliphatic heterocycles. The van der Waals surface area contributed by atoms with Gasteiger partial charge in [0.25, 0.3) is 0 Å². The van der Waals surface area contributed by atoms with Crippen LogP contribution in [-0.2, 0) is 11.4 Å². The van der Waals surface area contributed by atoms with Gasteiger partial charge in [0.2, 0.25) is 0 Å².